The summed E-state index contributed by atoms with van der Waals surface area (Å²) in [6.45, 7) is 1.64. The number of aryl methyl sites for hydroxylation is 1. The van der Waals surface area contributed by atoms with E-state index in [0.717, 1.165) is 81.9 Å². The van der Waals surface area contributed by atoms with Crippen LogP contribution in [0.2, 0.25) is 0 Å². The van der Waals surface area contributed by atoms with Crippen LogP contribution in [0.4, 0.5) is 30.7 Å². The van der Waals surface area contributed by atoms with E-state index < -0.39 is 70.3 Å². The molecular weight excluding hydrogens is 605 g/mol. The Morgan fingerprint density at radius 2 is 1.33 bits per heavy atom. The second-order valence-electron chi connectivity index (χ2n) is 13.6. The first-order chi connectivity index (χ1) is 22.1. The predicted molar refractivity (Wildman–Crippen MR) is 170 cm³/mol. The van der Waals surface area contributed by atoms with Crippen LogP contribution in [0, 0.1) is 35.1 Å². The van der Waals surface area contributed by atoms with E-state index in [1.807, 2.05) is 0 Å². The summed E-state index contributed by atoms with van der Waals surface area (Å²) >= 11 is 0. The smallest absolute Gasteiger partial charge is 0.279 e. The number of hydrogen-bond acceptors (Lipinski definition) is 1. The van der Waals surface area contributed by atoms with Crippen LogP contribution in [0.15, 0.2) is 18.2 Å². The van der Waals surface area contributed by atoms with Gasteiger partial charge in [0.15, 0.2) is 23.2 Å². The van der Waals surface area contributed by atoms with Gasteiger partial charge in [0.2, 0.25) is 5.82 Å². The van der Waals surface area contributed by atoms with Crippen LogP contribution in [-0.2, 0) is 12.3 Å². The van der Waals surface area contributed by atoms with Gasteiger partial charge in [0, 0.05) is 17.0 Å². The number of hydrogen-bond donors (Lipinski definition) is 0. The monoisotopic (exact) mass is 656 g/mol. The van der Waals surface area contributed by atoms with Gasteiger partial charge >= 0.3 is 0 Å². The molecule has 0 amide bonds. The van der Waals surface area contributed by atoms with Gasteiger partial charge in [-0.3, -0.25) is 0 Å². The highest BCUT2D eigenvalue weighted by molar-refractivity contribution is 5.68. The molecule has 4 rings (SSSR count). The average molecular weight is 657 g/mol. The van der Waals surface area contributed by atoms with Crippen molar-refractivity contribution in [3.05, 3.63) is 52.6 Å². The lowest BCUT2D eigenvalue weighted by atomic mass is 9.77. The zero-order valence-corrected chi connectivity index (χ0v) is 27.4. The predicted octanol–water partition coefficient (Wildman–Crippen LogP) is 13.0. The fraction of sp³-hybridized carbons (Fsp3) is 0.684. The number of halogens is 7. The molecule has 1 nitrogen and oxygen atoms in total. The second-order valence-corrected chi connectivity index (χ2v) is 13.6. The van der Waals surface area contributed by atoms with Gasteiger partial charge in [-0.2, -0.15) is 4.39 Å². The number of alkyl halides is 3. The Labute approximate surface area is 270 Å². The first-order valence-electron chi connectivity index (χ1n) is 17.8. The summed E-state index contributed by atoms with van der Waals surface area (Å²) in [5.74, 6) is -10.6. The van der Waals surface area contributed by atoms with E-state index in [-0.39, 0.29) is 31.2 Å². The second kappa shape index (κ2) is 17.8. The third-order valence-corrected chi connectivity index (χ3v) is 9.89. The molecule has 2 aliphatic carbocycles. The van der Waals surface area contributed by atoms with Crippen molar-refractivity contribution >= 4 is 0 Å². The lowest BCUT2D eigenvalue weighted by molar-refractivity contribution is -0.0823. The molecule has 2 unspecified atom stereocenters. The zero-order valence-electron chi connectivity index (χ0n) is 27.4. The topological polar surface area (TPSA) is 9.23 Å². The van der Waals surface area contributed by atoms with Crippen molar-refractivity contribution in [3.63, 3.8) is 0 Å². The minimum Gasteiger partial charge on any atom is -0.487 e. The van der Waals surface area contributed by atoms with Crippen molar-refractivity contribution in [3.8, 4) is 16.9 Å². The Hall–Kier alpha value is -2.25. The molecule has 2 atom stereocenters. The summed E-state index contributed by atoms with van der Waals surface area (Å²) in [5, 5.41) is 0. The molecule has 8 heteroatoms. The van der Waals surface area contributed by atoms with E-state index >= 15 is 22.0 Å². The molecule has 46 heavy (non-hydrogen) atoms. The van der Waals surface area contributed by atoms with Crippen LogP contribution >= 0.6 is 0 Å². The summed E-state index contributed by atoms with van der Waals surface area (Å²) in [5.41, 5.74) is -2.31. The highest BCUT2D eigenvalue weighted by Gasteiger charge is 2.48. The molecule has 1 fully saturated rings. The Morgan fingerprint density at radius 1 is 0.717 bits per heavy atom. The maximum absolute atomic E-state index is 15.5. The van der Waals surface area contributed by atoms with E-state index in [4.69, 9.17) is 4.74 Å². The lowest BCUT2D eigenvalue weighted by Gasteiger charge is -2.34. The molecule has 2 aromatic rings. The van der Waals surface area contributed by atoms with Gasteiger partial charge in [0.25, 0.3) is 5.92 Å². The largest absolute Gasteiger partial charge is 0.487 e. The summed E-state index contributed by atoms with van der Waals surface area (Å²) in [6, 6.07) is 3.05. The third-order valence-electron chi connectivity index (χ3n) is 9.89. The number of fused-ring (bicyclic) bond motifs is 1. The van der Waals surface area contributed by atoms with E-state index in [1.165, 1.54) is 32.1 Å². The van der Waals surface area contributed by atoms with Crippen molar-refractivity contribution in [2.45, 2.75) is 147 Å². The highest BCUT2D eigenvalue weighted by atomic mass is 19.3. The molecular formula is C38H51F7O. The van der Waals surface area contributed by atoms with Crippen LogP contribution < -0.4 is 4.74 Å². The number of rotatable bonds is 21. The number of unbranched alkanes of at least 4 members (excludes halogenated alkanes) is 11. The number of ether oxygens (including phenoxy) is 1. The Balaban J connectivity index is 1.32. The zero-order chi connectivity index (χ0) is 33.1. The fourth-order valence-electron chi connectivity index (χ4n) is 6.85. The van der Waals surface area contributed by atoms with Gasteiger partial charge in [0.05, 0.1) is 5.56 Å². The van der Waals surface area contributed by atoms with E-state index in [9.17, 15) is 8.78 Å². The molecule has 0 heterocycles. The molecule has 258 valence electrons. The van der Waals surface area contributed by atoms with Crippen LogP contribution in [0.1, 0.15) is 140 Å². The first-order valence-corrected chi connectivity index (χ1v) is 17.8. The third kappa shape index (κ3) is 9.88. The van der Waals surface area contributed by atoms with Gasteiger partial charge in [0.1, 0.15) is 12.8 Å². The minimum atomic E-state index is -3.57. The van der Waals surface area contributed by atoms with Crippen LogP contribution in [0.25, 0.3) is 11.1 Å². The molecule has 2 aromatic carbocycles. The molecule has 0 radical (unpaired) electrons. The fourth-order valence-corrected chi connectivity index (χ4v) is 6.85. The summed E-state index contributed by atoms with van der Waals surface area (Å²) in [4.78, 5) is 0. The quantitative estimate of drug-likeness (QED) is 0.0960. The van der Waals surface area contributed by atoms with Crippen molar-refractivity contribution < 1.29 is 35.5 Å². The van der Waals surface area contributed by atoms with Gasteiger partial charge < -0.3 is 4.74 Å². The highest BCUT2D eigenvalue weighted by Crippen LogP contribution is 2.49. The van der Waals surface area contributed by atoms with Gasteiger partial charge in [-0.1, -0.05) is 110 Å². The molecule has 0 bridgehead atoms. The van der Waals surface area contributed by atoms with Crippen LogP contribution in [0.3, 0.4) is 0 Å². The normalized spacial score (nSPS) is 18.0. The maximum atomic E-state index is 15.5. The molecule has 0 saturated heterocycles. The molecule has 1 saturated carbocycles. The molecule has 0 N–H and O–H groups in total. The maximum Gasteiger partial charge on any atom is 0.279 e. The molecule has 2 aliphatic rings. The Bertz CT molecular complexity index is 1240. The molecule has 0 spiro atoms. The number of benzene rings is 2. The standard InChI is InChI=1S/C38H51F7O/c1-2-3-4-5-11-14-17-29(39)25-46-32-23-22-30(34(40)36(32)42)31-24-27-20-21-28(38(44,45)33(27)37(43)35(31)41)16-13-10-8-6-7-9-12-15-26-18-19-26/h22-24,26,28-29H,2-21,25H2,1H3. The Morgan fingerprint density at radius 3 is 2.00 bits per heavy atom. The van der Waals surface area contributed by atoms with E-state index in [0.29, 0.717) is 12.8 Å². The minimum absolute atomic E-state index is 0.0859. The van der Waals surface area contributed by atoms with Crippen molar-refractivity contribution in [2.75, 3.05) is 6.61 Å². The summed E-state index contributed by atoms with van der Waals surface area (Å²) in [7, 11) is 0. The van der Waals surface area contributed by atoms with Crippen LogP contribution in [0.5, 0.6) is 5.75 Å². The molecule has 0 aliphatic heterocycles. The van der Waals surface area contributed by atoms with Gasteiger partial charge in [-0.15, -0.1) is 0 Å². The van der Waals surface area contributed by atoms with Crippen molar-refractivity contribution in [2.24, 2.45) is 11.8 Å². The Kier molecular flexibility index (Phi) is 14.1. The first kappa shape index (κ1) is 36.6. The summed E-state index contributed by atoms with van der Waals surface area (Å²) in [6.07, 6.45) is 16.4. The average Bonchev–Trinajstić information content (AvgIpc) is 3.86. The van der Waals surface area contributed by atoms with E-state index in [1.54, 1.807) is 0 Å². The van der Waals surface area contributed by atoms with Gasteiger partial charge in [-0.05, 0) is 55.4 Å². The van der Waals surface area contributed by atoms with Gasteiger partial charge in [-0.25, -0.2) is 26.3 Å². The summed E-state index contributed by atoms with van der Waals surface area (Å²) < 4.78 is 111. The van der Waals surface area contributed by atoms with Crippen molar-refractivity contribution in [1.29, 1.82) is 0 Å². The SMILES string of the molecule is CCCCCCCCC(F)COc1ccc(-c2cc3c(c(F)c2F)C(F)(F)C(CCCCCCCCCC2CC2)CC3)c(F)c1F. The van der Waals surface area contributed by atoms with Crippen LogP contribution in [-0.4, -0.2) is 12.8 Å². The lowest BCUT2D eigenvalue weighted by Crippen LogP contribution is -2.33. The van der Waals surface area contributed by atoms with Crippen molar-refractivity contribution in [1.82, 2.24) is 0 Å². The molecule has 0 aromatic heterocycles. The van der Waals surface area contributed by atoms with E-state index in [2.05, 4.69) is 6.92 Å².